The lowest BCUT2D eigenvalue weighted by molar-refractivity contribution is -0.274. The van der Waals surface area contributed by atoms with E-state index >= 15 is 0 Å². The van der Waals surface area contributed by atoms with Gasteiger partial charge in [0.05, 0.1) is 0 Å². The Labute approximate surface area is 122 Å². The summed E-state index contributed by atoms with van der Waals surface area (Å²) in [5, 5.41) is 0. The van der Waals surface area contributed by atoms with Gasteiger partial charge in [-0.05, 0) is 36.5 Å². The maximum Gasteiger partial charge on any atom is 0.573 e. The third-order valence-corrected chi connectivity index (χ3v) is 4.01. The fraction of sp³-hybridized carbons (Fsp3) is 0.562. The summed E-state index contributed by atoms with van der Waals surface area (Å²) in [7, 11) is 0. The van der Waals surface area contributed by atoms with E-state index in [9.17, 15) is 18.0 Å². The van der Waals surface area contributed by atoms with Crippen LogP contribution in [-0.4, -0.2) is 12.1 Å². The number of hydrogen-bond donors (Lipinski definition) is 0. The maximum absolute atomic E-state index is 12.2. The lowest BCUT2D eigenvalue weighted by atomic mass is 9.80. The Hall–Kier alpha value is -1.52. The minimum atomic E-state index is -4.68. The van der Waals surface area contributed by atoms with E-state index in [-0.39, 0.29) is 23.9 Å². The molecule has 0 atom stereocenters. The van der Waals surface area contributed by atoms with Crippen molar-refractivity contribution in [3.63, 3.8) is 0 Å². The van der Waals surface area contributed by atoms with Crippen LogP contribution in [0.25, 0.3) is 0 Å². The van der Waals surface area contributed by atoms with Gasteiger partial charge in [0.2, 0.25) is 0 Å². The zero-order valence-electron chi connectivity index (χ0n) is 12.0. The van der Waals surface area contributed by atoms with Gasteiger partial charge >= 0.3 is 6.36 Å². The highest BCUT2D eigenvalue weighted by atomic mass is 19.4. The van der Waals surface area contributed by atoms with Crippen molar-refractivity contribution in [2.45, 2.75) is 45.4 Å². The molecule has 1 aromatic carbocycles. The number of hydrogen-bond acceptors (Lipinski definition) is 2. The lowest BCUT2D eigenvalue weighted by Gasteiger charge is -2.25. The van der Waals surface area contributed by atoms with Crippen LogP contribution in [0, 0.1) is 11.8 Å². The molecule has 1 aliphatic rings. The first-order valence-electron chi connectivity index (χ1n) is 7.21. The quantitative estimate of drug-likeness (QED) is 0.817. The van der Waals surface area contributed by atoms with Crippen LogP contribution in [0.1, 0.15) is 38.2 Å². The van der Waals surface area contributed by atoms with Crippen molar-refractivity contribution in [1.29, 1.82) is 0 Å². The number of carbonyl (C=O) groups excluding carboxylic acids is 1. The number of benzene rings is 1. The molecule has 21 heavy (non-hydrogen) atoms. The van der Waals surface area contributed by atoms with E-state index in [4.69, 9.17) is 0 Å². The molecule has 0 heterocycles. The van der Waals surface area contributed by atoms with Gasteiger partial charge in [0.25, 0.3) is 0 Å². The molecular weight excluding hydrogens is 281 g/mol. The summed E-state index contributed by atoms with van der Waals surface area (Å²) < 4.78 is 40.0. The summed E-state index contributed by atoms with van der Waals surface area (Å²) in [6, 6.07) is 5.53. The second kappa shape index (κ2) is 6.50. The molecule has 1 fully saturated rings. The summed E-state index contributed by atoms with van der Waals surface area (Å²) in [5.74, 6) is 0.719. The molecular formula is C16H19F3O2. The Morgan fingerprint density at radius 2 is 1.71 bits per heavy atom. The van der Waals surface area contributed by atoms with E-state index in [1.165, 1.54) is 24.3 Å². The molecule has 1 aromatic rings. The molecule has 0 saturated heterocycles. The molecule has 0 aromatic heterocycles. The number of halogens is 3. The average Bonchev–Trinajstić information content (AvgIpc) is 2.40. The lowest BCUT2D eigenvalue weighted by Crippen LogP contribution is -2.22. The Kier molecular flexibility index (Phi) is 4.91. The molecule has 0 spiro atoms. The normalized spacial score (nSPS) is 22.9. The van der Waals surface area contributed by atoms with E-state index in [1.54, 1.807) is 0 Å². The van der Waals surface area contributed by atoms with Gasteiger partial charge in [-0.1, -0.05) is 31.9 Å². The van der Waals surface area contributed by atoms with Gasteiger partial charge in [0.1, 0.15) is 11.5 Å². The topological polar surface area (TPSA) is 26.3 Å². The average molecular weight is 300 g/mol. The van der Waals surface area contributed by atoms with Crippen LogP contribution >= 0.6 is 0 Å². The van der Waals surface area contributed by atoms with Gasteiger partial charge in [-0.2, -0.15) is 0 Å². The molecule has 1 saturated carbocycles. The van der Waals surface area contributed by atoms with Gasteiger partial charge in [-0.15, -0.1) is 13.2 Å². The van der Waals surface area contributed by atoms with E-state index < -0.39 is 6.36 Å². The molecule has 0 radical (unpaired) electrons. The Bertz CT molecular complexity index is 471. The number of Topliss-reactive ketones (excluding diaryl/α,β-unsaturated/α-hetero) is 1. The van der Waals surface area contributed by atoms with Crippen molar-refractivity contribution in [2.75, 3.05) is 0 Å². The predicted octanol–water partition coefficient (Wildman–Crippen LogP) is 4.52. The Balaban J connectivity index is 1.89. The largest absolute Gasteiger partial charge is 0.573 e. The second-order valence-corrected chi connectivity index (χ2v) is 5.79. The third-order valence-electron chi connectivity index (χ3n) is 4.01. The van der Waals surface area contributed by atoms with Crippen molar-refractivity contribution in [3.8, 4) is 5.75 Å². The number of ether oxygens (including phenoxy) is 1. The van der Waals surface area contributed by atoms with Crippen LogP contribution < -0.4 is 4.74 Å². The minimum Gasteiger partial charge on any atom is -0.406 e. The highest BCUT2D eigenvalue weighted by Crippen LogP contribution is 2.30. The van der Waals surface area contributed by atoms with Crippen LogP contribution in [0.2, 0.25) is 0 Å². The van der Waals surface area contributed by atoms with Gasteiger partial charge in [0, 0.05) is 12.3 Å². The van der Waals surface area contributed by atoms with Crippen LogP contribution in [0.5, 0.6) is 5.75 Å². The van der Waals surface area contributed by atoms with Crippen molar-refractivity contribution < 1.29 is 22.7 Å². The summed E-state index contributed by atoms with van der Waals surface area (Å²) in [6.45, 7) is 2.19. The monoisotopic (exact) mass is 300 g/mol. The molecule has 5 heteroatoms. The number of rotatable bonds is 4. The highest BCUT2D eigenvalue weighted by molar-refractivity contribution is 5.83. The first-order valence-corrected chi connectivity index (χ1v) is 7.21. The molecule has 2 nitrogen and oxygen atoms in total. The van der Waals surface area contributed by atoms with Crippen LogP contribution in [0.15, 0.2) is 24.3 Å². The van der Waals surface area contributed by atoms with Crippen molar-refractivity contribution >= 4 is 5.78 Å². The summed E-state index contributed by atoms with van der Waals surface area (Å²) in [4.78, 5) is 12.2. The molecule has 0 bridgehead atoms. The predicted molar refractivity (Wildman–Crippen MR) is 73.0 cm³/mol. The second-order valence-electron chi connectivity index (χ2n) is 5.79. The Morgan fingerprint density at radius 1 is 1.14 bits per heavy atom. The smallest absolute Gasteiger partial charge is 0.406 e. The van der Waals surface area contributed by atoms with E-state index in [2.05, 4.69) is 11.7 Å². The minimum absolute atomic E-state index is 0.104. The van der Waals surface area contributed by atoms with E-state index in [0.29, 0.717) is 5.92 Å². The molecule has 0 unspecified atom stereocenters. The number of ketones is 1. The van der Waals surface area contributed by atoms with Crippen molar-refractivity contribution in [2.24, 2.45) is 11.8 Å². The SMILES string of the molecule is CC1CCC(C(=O)Cc2ccc(OC(F)(F)F)cc2)CC1. The third kappa shape index (κ3) is 5.06. The fourth-order valence-corrected chi connectivity index (χ4v) is 2.74. The maximum atomic E-state index is 12.2. The summed E-state index contributed by atoms with van der Waals surface area (Å²) in [5.41, 5.74) is 0.730. The van der Waals surface area contributed by atoms with Crippen LogP contribution in [-0.2, 0) is 11.2 Å². The zero-order valence-corrected chi connectivity index (χ0v) is 12.0. The molecule has 2 rings (SSSR count). The van der Waals surface area contributed by atoms with Gasteiger partial charge in [-0.3, -0.25) is 4.79 Å². The van der Waals surface area contributed by atoms with Crippen molar-refractivity contribution in [1.82, 2.24) is 0 Å². The standard InChI is InChI=1S/C16H19F3O2/c1-11-2-6-13(7-3-11)15(20)10-12-4-8-14(9-5-12)21-16(17,18)19/h4-5,8-9,11,13H,2-3,6-7,10H2,1H3. The zero-order chi connectivity index (χ0) is 15.5. The van der Waals surface area contributed by atoms with Crippen LogP contribution in [0.4, 0.5) is 13.2 Å². The highest BCUT2D eigenvalue weighted by Gasteiger charge is 2.31. The van der Waals surface area contributed by atoms with E-state index in [0.717, 1.165) is 31.2 Å². The fourth-order valence-electron chi connectivity index (χ4n) is 2.74. The molecule has 0 aliphatic heterocycles. The van der Waals surface area contributed by atoms with Crippen LogP contribution in [0.3, 0.4) is 0 Å². The number of alkyl halides is 3. The first-order chi connectivity index (χ1) is 9.83. The molecule has 1 aliphatic carbocycles. The summed E-state index contributed by atoms with van der Waals surface area (Å²) >= 11 is 0. The summed E-state index contributed by atoms with van der Waals surface area (Å²) in [6.07, 6.45) is -0.393. The van der Waals surface area contributed by atoms with Crippen molar-refractivity contribution in [3.05, 3.63) is 29.8 Å². The molecule has 116 valence electrons. The first kappa shape index (κ1) is 15.9. The van der Waals surface area contributed by atoms with E-state index in [1.807, 2.05) is 0 Å². The molecule has 0 amide bonds. The Morgan fingerprint density at radius 3 is 2.24 bits per heavy atom. The molecule has 0 N–H and O–H groups in total. The van der Waals surface area contributed by atoms with Gasteiger partial charge < -0.3 is 4.74 Å². The van der Waals surface area contributed by atoms with Gasteiger partial charge in [-0.25, -0.2) is 0 Å². The van der Waals surface area contributed by atoms with Gasteiger partial charge in [0.15, 0.2) is 0 Å². The number of carbonyl (C=O) groups is 1.